The van der Waals surface area contributed by atoms with Crippen LogP contribution in [-0.2, 0) is 6.42 Å². The highest BCUT2D eigenvalue weighted by molar-refractivity contribution is 9.10. The molecule has 0 fully saturated rings. The highest BCUT2D eigenvalue weighted by atomic mass is 79.9. The van der Waals surface area contributed by atoms with E-state index in [9.17, 15) is 4.79 Å². The lowest BCUT2D eigenvalue weighted by Gasteiger charge is -2.17. The minimum atomic E-state index is 0.0191. The summed E-state index contributed by atoms with van der Waals surface area (Å²) in [6.45, 7) is 0.736. The molecule has 1 amide bonds. The SMILES string of the molecule is Nc1ccc(C(=O)N2CCc3ccccc32)cc1Br. The van der Waals surface area contributed by atoms with Gasteiger partial charge in [0, 0.05) is 28.0 Å². The van der Waals surface area contributed by atoms with E-state index < -0.39 is 0 Å². The van der Waals surface area contributed by atoms with Crippen molar-refractivity contribution in [1.82, 2.24) is 0 Å². The number of halogens is 1. The van der Waals surface area contributed by atoms with Gasteiger partial charge in [-0.25, -0.2) is 0 Å². The fourth-order valence-electron chi connectivity index (χ4n) is 2.37. The van der Waals surface area contributed by atoms with Crippen molar-refractivity contribution >= 4 is 33.2 Å². The minimum Gasteiger partial charge on any atom is -0.398 e. The van der Waals surface area contributed by atoms with Gasteiger partial charge in [0.05, 0.1) is 0 Å². The summed E-state index contributed by atoms with van der Waals surface area (Å²) in [5.41, 5.74) is 9.28. The molecule has 0 spiro atoms. The molecule has 0 saturated carbocycles. The maximum absolute atomic E-state index is 12.5. The first-order chi connectivity index (χ1) is 9.16. The molecule has 0 aromatic heterocycles. The molecule has 1 heterocycles. The number of anilines is 2. The third kappa shape index (κ3) is 2.12. The zero-order valence-corrected chi connectivity index (χ0v) is 11.9. The first-order valence-corrected chi connectivity index (χ1v) is 6.91. The predicted molar refractivity (Wildman–Crippen MR) is 80.4 cm³/mol. The monoisotopic (exact) mass is 316 g/mol. The summed E-state index contributed by atoms with van der Waals surface area (Å²) in [5, 5.41) is 0. The lowest BCUT2D eigenvalue weighted by molar-refractivity contribution is 0.0989. The molecule has 0 aliphatic carbocycles. The second-order valence-electron chi connectivity index (χ2n) is 4.57. The van der Waals surface area contributed by atoms with Gasteiger partial charge in [0.15, 0.2) is 0 Å². The second-order valence-corrected chi connectivity index (χ2v) is 5.43. The summed E-state index contributed by atoms with van der Waals surface area (Å²) in [6.07, 6.45) is 0.915. The van der Waals surface area contributed by atoms with Crippen molar-refractivity contribution in [1.29, 1.82) is 0 Å². The average molecular weight is 317 g/mol. The lowest BCUT2D eigenvalue weighted by Crippen LogP contribution is -2.28. The van der Waals surface area contributed by atoms with Crippen LogP contribution in [0.5, 0.6) is 0 Å². The molecular weight excluding hydrogens is 304 g/mol. The van der Waals surface area contributed by atoms with Crippen LogP contribution in [0.25, 0.3) is 0 Å². The van der Waals surface area contributed by atoms with E-state index in [2.05, 4.69) is 22.0 Å². The molecule has 3 nitrogen and oxygen atoms in total. The quantitative estimate of drug-likeness (QED) is 0.821. The van der Waals surface area contributed by atoms with Gasteiger partial charge in [-0.2, -0.15) is 0 Å². The van der Waals surface area contributed by atoms with E-state index in [1.54, 1.807) is 18.2 Å². The van der Waals surface area contributed by atoms with E-state index in [0.717, 1.165) is 23.1 Å². The number of carbonyl (C=O) groups is 1. The lowest BCUT2D eigenvalue weighted by atomic mass is 10.1. The molecule has 0 unspecified atom stereocenters. The summed E-state index contributed by atoms with van der Waals surface area (Å²) in [7, 11) is 0. The minimum absolute atomic E-state index is 0.0191. The van der Waals surface area contributed by atoms with Crippen molar-refractivity contribution in [2.24, 2.45) is 0 Å². The molecule has 1 aliphatic heterocycles. The normalized spacial score (nSPS) is 13.4. The van der Waals surface area contributed by atoms with Crippen molar-refractivity contribution < 1.29 is 4.79 Å². The number of nitrogen functional groups attached to an aromatic ring is 1. The first-order valence-electron chi connectivity index (χ1n) is 6.11. The zero-order chi connectivity index (χ0) is 13.4. The Kier molecular flexibility index (Phi) is 3.03. The van der Waals surface area contributed by atoms with Gasteiger partial charge in [-0.05, 0) is 52.2 Å². The van der Waals surface area contributed by atoms with E-state index in [-0.39, 0.29) is 5.91 Å². The number of benzene rings is 2. The number of carbonyl (C=O) groups excluding carboxylic acids is 1. The van der Waals surface area contributed by atoms with E-state index in [1.807, 2.05) is 23.1 Å². The second kappa shape index (κ2) is 4.70. The molecule has 0 atom stereocenters. The molecule has 2 N–H and O–H groups in total. The average Bonchev–Trinajstić information content (AvgIpc) is 2.85. The molecular formula is C15H13BrN2O. The van der Waals surface area contributed by atoms with Crippen LogP contribution < -0.4 is 10.6 Å². The van der Waals surface area contributed by atoms with Crippen molar-refractivity contribution in [3.05, 3.63) is 58.1 Å². The topological polar surface area (TPSA) is 46.3 Å². The summed E-state index contributed by atoms with van der Waals surface area (Å²) in [5.74, 6) is 0.0191. The van der Waals surface area contributed by atoms with Gasteiger partial charge < -0.3 is 10.6 Å². The molecule has 0 bridgehead atoms. The van der Waals surface area contributed by atoms with Gasteiger partial charge in [0.2, 0.25) is 0 Å². The van der Waals surface area contributed by atoms with Gasteiger partial charge in [0.1, 0.15) is 0 Å². The van der Waals surface area contributed by atoms with Crippen LogP contribution in [0.1, 0.15) is 15.9 Å². The fourth-order valence-corrected chi connectivity index (χ4v) is 2.74. The fraction of sp³-hybridized carbons (Fsp3) is 0.133. The van der Waals surface area contributed by atoms with Crippen LogP contribution in [0.2, 0.25) is 0 Å². The van der Waals surface area contributed by atoms with Gasteiger partial charge in [-0.3, -0.25) is 4.79 Å². The number of amides is 1. The van der Waals surface area contributed by atoms with Gasteiger partial charge >= 0.3 is 0 Å². The van der Waals surface area contributed by atoms with Gasteiger partial charge in [-0.1, -0.05) is 18.2 Å². The maximum atomic E-state index is 12.5. The highest BCUT2D eigenvalue weighted by Crippen LogP contribution is 2.30. The molecule has 2 aromatic rings. The van der Waals surface area contributed by atoms with Crippen LogP contribution in [-0.4, -0.2) is 12.5 Å². The third-order valence-corrected chi connectivity index (χ3v) is 4.07. The standard InChI is InChI=1S/C15H13BrN2O/c16-12-9-11(5-6-13(12)17)15(19)18-8-7-10-3-1-2-4-14(10)18/h1-6,9H,7-8,17H2. The largest absolute Gasteiger partial charge is 0.398 e. The van der Waals surface area contributed by atoms with Gasteiger partial charge in [0.25, 0.3) is 5.91 Å². The number of rotatable bonds is 1. The van der Waals surface area contributed by atoms with Crippen LogP contribution in [0.15, 0.2) is 46.9 Å². The maximum Gasteiger partial charge on any atom is 0.258 e. The Morgan fingerprint density at radius 1 is 1.21 bits per heavy atom. The number of para-hydroxylation sites is 1. The highest BCUT2D eigenvalue weighted by Gasteiger charge is 2.25. The Bertz CT molecular complexity index is 654. The van der Waals surface area contributed by atoms with Crippen molar-refractivity contribution in [2.45, 2.75) is 6.42 Å². The van der Waals surface area contributed by atoms with Crippen LogP contribution in [0.3, 0.4) is 0 Å². The molecule has 2 aromatic carbocycles. The zero-order valence-electron chi connectivity index (χ0n) is 10.3. The molecule has 96 valence electrons. The van der Waals surface area contributed by atoms with Gasteiger partial charge in [-0.15, -0.1) is 0 Å². The van der Waals surface area contributed by atoms with E-state index in [1.165, 1.54) is 5.56 Å². The van der Waals surface area contributed by atoms with Crippen LogP contribution in [0, 0.1) is 0 Å². The number of hydrogen-bond acceptors (Lipinski definition) is 2. The third-order valence-electron chi connectivity index (χ3n) is 3.38. The summed E-state index contributed by atoms with van der Waals surface area (Å²) >= 11 is 3.36. The van der Waals surface area contributed by atoms with E-state index in [0.29, 0.717) is 11.3 Å². The summed E-state index contributed by atoms with van der Waals surface area (Å²) < 4.78 is 0.755. The number of fused-ring (bicyclic) bond motifs is 1. The Balaban J connectivity index is 1.95. The Hall–Kier alpha value is -1.81. The van der Waals surface area contributed by atoms with Crippen molar-refractivity contribution in [3.63, 3.8) is 0 Å². The predicted octanol–water partition coefficient (Wildman–Crippen LogP) is 3.23. The summed E-state index contributed by atoms with van der Waals surface area (Å²) in [6, 6.07) is 13.3. The first kappa shape index (κ1) is 12.2. The van der Waals surface area contributed by atoms with Crippen molar-refractivity contribution in [2.75, 3.05) is 17.2 Å². The Morgan fingerprint density at radius 2 is 2.00 bits per heavy atom. The smallest absolute Gasteiger partial charge is 0.258 e. The molecule has 4 heteroatoms. The summed E-state index contributed by atoms with van der Waals surface area (Å²) in [4.78, 5) is 14.4. The van der Waals surface area contributed by atoms with Crippen LogP contribution >= 0.6 is 15.9 Å². The number of nitrogens with two attached hydrogens (primary N) is 1. The number of hydrogen-bond donors (Lipinski definition) is 1. The molecule has 0 radical (unpaired) electrons. The molecule has 0 saturated heterocycles. The van der Waals surface area contributed by atoms with E-state index >= 15 is 0 Å². The Labute approximate surface area is 120 Å². The Morgan fingerprint density at radius 3 is 2.79 bits per heavy atom. The molecule has 19 heavy (non-hydrogen) atoms. The van der Waals surface area contributed by atoms with Crippen LogP contribution in [0.4, 0.5) is 11.4 Å². The molecule has 3 rings (SSSR count). The molecule has 1 aliphatic rings. The number of nitrogens with zero attached hydrogens (tertiary/aromatic N) is 1. The van der Waals surface area contributed by atoms with Crippen molar-refractivity contribution in [3.8, 4) is 0 Å². The van der Waals surface area contributed by atoms with E-state index in [4.69, 9.17) is 5.73 Å².